The molecule has 0 bridgehead atoms. The third-order valence-electron chi connectivity index (χ3n) is 6.29. The van der Waals surface area contributed by atoms with Gasteiger partial charge in [0.15, 0.2) is 0 Å². The molecule has 0 radical (unpaired) electrons. The van der Waals surface area contributed by atoms with Gasteiger partial charge in [-0.2, -0.15) is 0 Å². The van der Waals surface area contributed by atoms with Crippen LogP contribution in [0.25, 0.3) is 0 Å². The van der Waals surface area contributed by atoms with Crippen molar-refractivity contribution in [2.24, 2.45) is 0 Å². The molecule has 1 aliphatic heterocycles. The van der Waals surface area contributed by atoms with E-state index in [1.165, 1.54) is 23.2 Å². The zero-order valence-electron chi connectivity index (χ0n) is 19.7. The number of benzene rings is 1. The van der Waals surface area contributed by atoms with E-state index in [4.69, 9.17) is 11.6 Å². The number of aromatic nitrogens is 2. The van der Waals surface area contributed by atoms with Crippen molar-refractivity contribution in [3.8, 4) is 0 Å². The maximum absolute atomic E-state index is 10.7. The lowest BCUT2D eigenvalue weighted by atomic mass is 10.0. The molecule has 1 saturated heterocycles. The number of piperazine rings is 1. The molecule has 1 amide bonds. The van der Waals surface area contributed by atoms with Crippen LogP contribution in [0.1, 0.15) is 62.8 Å². The number of halogens is 1. The van der Waals surface area contributed by atoms with Crippen molar-refractivity contribution >= 4 is 23.8 Å². The summed E-state index contributed by atoms with van der Waals surface area (Å²) >= 11 is 5.83. The number of anilines is 1. The lowest BCUT2D eigenvalue weighted by Crippen LogP contribution is -2.46. The van der Waals surface area contributed by atoms with Crippen molar-refractivity contribution in [3.05, 3.63) is 52.4 Å². The van der Waals surface area contributed by atoms with Gasteiger partial charge in [0.1, 0.15) is 12.1 Å². The highest BCUT2D eigenvalue weighted by molar-refractivity contribution is 6.30. The zero-order valence-corrected chi connectivity index (χ0v) is 20.5. The summed E-state index contributed by atoms with van der Waals surface area (Å²) in [7, 11) is 0. The summed E-state index contributed by atoms with van der Waals surface area (Å²) in [6.07, 6.45) is 4.86. The first kappa shape index (κ1) is 24.5. The molecule has 32 heavy (non-hydrogen) atoms. The third kappa shape index (κ3) is 6.42. The van der Waals surface area contributed by atoms with Gasteiger partial charge < -0.3 is 15.1 Å². The van der Waals surface area contributed by atoms with E-state index < -0.39 is 0 Å². The van der Waals surface area contributed by atoms with Crippen LogP contribution >= 0.6 is 11.6 Å². The lowest BCUT2D eigenvalue weighted by Gasteiger charge is -2.34. The molecule has 6 nitrogen and oxygen atoms in total. The van der Waals surface area contributed by atoms with E-state index in [0.717, 1.165) is 56.4 Å². The summed E-state index contributed by atoms with van der Waals surface area (Å²) < 4.78 is 0. The van der Waals surface area contributed by atoms with E-state index in [2.05, 4.69) is 60.0 Å². The van der Waals surface area contributed by atoms with Gasteiger partial charge in [-0.1, -0.05) is 51.4 Å². The van der Waals surface area contributed by atoms with Crippen LogP contribution in [0.2, 0.25) is 5.02 Å². The van der Waals surface area contributed by atoms with Crippen LogP contribution in [0.3, 0.4) is 0 Å². The third-order valence-corrected chi connectivity index (χ3v) is 6.54. The van der Waals surface area contributed by atoms with Crippen LogP contribution in [-0.2, 0) is 11.2 Å². The predicted octanol–water partition coefficient (Wildman–Crippen LogP) is 4.25. The Bertz CT molecular complexity index is 865. The number of hydrogen-bond acceptors (Lipinski definition) is 5. The maximum atomic E-state index is 10.7. The van der Waals surface area contributed by atoms with Crippen molar-refractivity contribution in [1.29, 1.82) is 0 Å². The molecular formula is C25H36ClN5O. The number of hydrogen-bond donors (Lipinski definition) is 1. The average Bonchev–Trinajstić information content (AvgIpc) is 3.19. The van der Waals surface area contributed by atoms with E-state index in [0.29, 0.717) is 17.9 Å². The fourth-order valence-corrected chi connectivity index (χ4v) is 4.36. The molecule has 1 N–H and O–H groups in total. The van der Waals surface area contributed by atoms with Crippen molar-refractivity contribution in [1.82, 2.24) is 20.2 Å². The molecule has 7 heteroatoms. The SMILES string of the molecule is CC(C)NC[C@@H](C)c1ccc(Cl)cc1.C[C@@H]1CCc2ncnc(N3CCN(C=O)CC3)c21. The van der Waals surface area contributed by atoms with Crippen LogP contribution in [0.5, 0.6) is 0 Å². The predicted molar refractivity (Wildman–Crippen MR) is 132 cm³/mol. The van der Waals surface area contributed by atoms with E-state index in [-0.39, 0.29) is 0 Å². The molecule has 0 unspecified atom stereocenters. The van der Waals surface area contributed by atoms with Gasteiger partial charge in [0.2, 0.25) is 6.41 Å². The number of carbonyl (C=O) groups excluding carboxylic acids is 1. The second-order valence-electron chi connectivity index (χ2n) is 9.14. The van der Waals surface area contributed by atoms with E-state index in [1.807, 2.05) is 17.0 Å². The van der Waals surface area contributed by atoms with Crippen molar-refractivity contribution < 1.29 is 4.79 Å². The highest BCUT2D eigenvalue weighted by Gasteiger charge is 2.28. The minimum atomic E-state index is 0.537. The molecule has 1 aliphatic carbocycles. The molecule has 1 fully saturated rings. The number of amides is 1. The van der Waals surface area contributed by atoms with Crippen LogP contribution in [0.15, 0.2) is 30.6 Å². The van der Waals surface area contributed by atoms with Gasteiger partial charge >= 0.3 is 0 Å². The average molecular weight is 458 g/mol. The number of rotatable bonds is 6. The summed E-state index contributed by atoms with van der Waals surface area (Å²) in [4.78, 5) is 23.7. The van der Waals surface area contributed by atoms with E-state index in [1.54, 1.807) is 6.33 Å². The van der Waals surface area contributed by atoms with Gasteiger partial charge in [-0.15, -0.1) is 0 Å². The Balaban J connectivity index is 0.000000188. The molecular weight excluding hydrogens is 422 g/mol. The number of fused-ring (bicyclic) bond motifs is 1. The highest BCUT2D eigenvalue weighted by atomic mass is 35.5. The lowest BCUT2D eigenvalue weighted by molar-refractivity contribution is -0.118. The minimum absolute atomic E-state index is 0.537. The van der Waals surface area contributed by atoms with Crippen molar-refractivity contribution in [2.45, 2.75) is 58.4 Å². The molecule has 1 aromatic heterocycles. The normalized spacial score (nSPS) is 18.8. The number of nitrogens with zero attached hydrogens (tertiary/aromatic N) is 4. The van der Waals surface area contributed by atoms with Gasteiger partial charge in [-0.3, -0.25) is 4.79 Å². The Kier molecular flexibility index (Phi) is 8.88. The van der Waals surface area contributed by atoms with Gasteiger partial charge in [0, 0.05) is 55.0 Å². The molecule has 4 rings (SSSR count). The Morgan fingerprint density at radius 2 is 1.81 bits per heavy atom. The van der Waals surface area contributed by atoms with Crippen LogP contribution < -0.4 is 10.2 Å². The highest BCUT2D eigenvalue weighted by Crippen LogP contribution is 2.37. The number of carbonyl (C=O) groups is 1. The molecule has 2 aliphatic rings. The van der Waals surface area contributed by atoms with Crippen LogP contribution in [0.4, 0.5) is 5.82 Å². The van der Waals surface area contributed by atoms with E-state index in [9.17, 15) is 4.79 Å². The van der Waals surface area contributed by atoms with Crippen LogP contribution in [-0.4, -0.2) is 60.0 Å². The van der Waals surface area contributed by atoms with Gasteiger partial charge in [0.25, 0.3) is 0 Å². The second kappa shape index (κ2) is 11.6. The van der Waals surface area contributed by atoms with Gasteiger partial charge in [-0.05, 0) is 42.4 Å². The molecule has 174 valence electrons. The molecule has 2 aromatic rings. The molecule has 1 aromatic carbocycles. The fourth-order valence-electron chi connectivity index (χ4n) is 4.24. The van der Waals surface area contributed by atoms with Crippen molar-refractivity contribution in [3.63, 3.8) is 0 Å². The quantitative estimate of drug-likeness (QED) is 0.657. The molecule has 0 spiro atoms. The molecule has 2 heterocycles. The summed E-state index contributed by atoms with van der Waals surface area (Å²) in [6, 6.07) is 8.62. The molecule has 0 saturated carbocycles. The Morgan fingerprint density at radius 1 is 1.12 bits per heavy atom. The fraction of sp³-hybridized carbons (Fsp3) is 0.560. The van der Waals surface area contributed by atoms with Crippen molar-refractivity contribution in [2.75, 3.05) is 37.6 Å². The van der Waals surface area contributed by atoms with Gasteiger partial charge in [0.05, 0.1) is 0 Å². The first-order chi connectivity index (χ1) is 15.4. The summed E-state index contributed by atoms with van der Waals surface area (Å²) in [5.74, 6) is 2.19. The first-order valence-corrected chi connectivity index (χ1v) is 12.0. The Labute approximate surface area is 197 Å². The summed E-state index contributed by atoms with van der Waals surface area (Å²) in [5.41, 5.74) is 3.88. The summed E-state index contributed by atoms with van der Waals surface area (Å²) in [5, 5.41) is 4.23. The zero-order chi connectivity index (χ0) is 23.1. The van der Waals surface area contributed by atoms with E-state index >= 15 is 0 Å². The number of aryl methyl sites for hydroxylation is 1. The largest absolute Gasteiger partial charge is 0.353 e. The monoisotopic (exact) mass is 457 g/mol. The second-order valence-corrected chi connectivity index (χ2v) is 9.58. The molecule has 2 atom stereocenters. The maximum Gasteiger partial charge on any atom is 0.209 e. The van der Waals surface area contributed by atoms with Crippen LogP contribution in [0, 0.1) is 0 Å². The minimum Gasteiger partial charge on any atom is -0.353 e. The summed E-state index contributed by atoms with van der Waals surface area (Å²) in [6.45, 7) is 13.1. The topological polar surface area (TPSA) is 61.4 Å². The Morgan fingerprint density at radius 3 is 2.44 bits per heavy atom. The standard InChI is InChI=1S/C13H18N4O.C12H18ClN/c1-10-2-3-11-12(10)13(15-8-14-11)17-6-4-16(9-18)5-7-17;1-9(2)14-8-10(3)11-4-6-12(13)7-5-11/h8-10H,2-7H2,1H3;4-7,9-10,14H,8H2,1-3H3/t2*10-/m11/s1. The number of nitrogens with one attached hydrogen (secondary N) is 1. The Hall–Kier alpha value is -2.18. The van der Waals surface area contributed by atoms with Gasteiger partial charge in [-0.25, -0.2) is 9.97 Å². The smallest absolute Gasteiger partial charge is 0.209 e. The first-order valence-electron chi connectivity index (χ1n) is 11.7.